The minimum atomic E-state index is -2.07. The van der Waals surface area contributed by atoms with Gasteiger partial charge in [0.2, 0.25) is 0 Å². The van der Waals surface area contributed by atoms with Crippen LogP contribution in [-0.4, -0.2) is 11.0 Å². The molecule has 0 heterocycles. The van der Waals surface area contributed by atoms with Crippen LogP contribution in [0, 0.1) is 33.4 Å². The molecule has 2 aromatic carbocycles. The number of urea groups is 1. The van der Waals surface area contributed by atoms with Crippen LogP contribution in [0.4, 0.5) is 39.4 Å². The molecule has 2 amide bonds. The maximum absolute atomic E-state index is 13.4. The van der Waals surface area contributed by atoms with E-state index in [1.54, 1.807) is 5.32 Å². The van der Waals surface area contributed by atoms with Crippen LogP contribution in [0.3, 0.4) is 0 Å². The number of halogens is 4. The number of amides is 2. The second-order valence-corrected chi connectivity index (χ2v) is 4.23. The summed E-state index contributed by atoms with van der Waals surface area (Å²) in [4.78, 5) is 21.5. The molecule has 120 valence electrons. The van der Waals surface area contributed by atoms with Crippen LogP contribution in [0.25, 0.3) is 0 Å². The van der Waals surface area contributed by atoms with Crippen molar-refractivity contribution in [3.63, 3.8) is 0 Å². The van der Waals surface area contributed by atoms with E-state index in [0.29, 0.717) is 0 Å². The van der Waals surface area contributed by atoms with Gasteiger partial charge in [0.1, 0.15) is 0 Å². The topological polar surface area (TPSA) is 84.3 Å². The average Bonchev–Trinajstić information content (AvgIpc) is 2.50. The zero-order valence-electron chi connectivity index (χ0n) is 11.1. The van der Waals surface area contributed by atoms with Crippen molar-refractivity contribution in [2.45, 2.75) is 0 Å². The first-order valence-electron chi connectivity index (χ1n) is 5.95. The standard InChI is InChI=1S/C13H7F4N3O3/c14-8-5-9(11(16)12(17)10(8)15)19-13(21)18-6-2-1-3-7(4-6)20(22)23/h1-5H,(H2,18,19,21). The molecular formula is C13H7F4N3O3. The van der Waals surface area contributed by atoms with Gasteiger partial charge in [-0.25, -0.2) is 22.4 Å². The highest BCUT2D eigenvalue weighted by atomic mass is 19.2. The molecule has 0 atom stereocenters. The summed E-state index contributed by atoms with van der Waals surface area (Å²) in [5.41, 5.74) is -1.25. The number of nitrogens with zero attached hydrogens (tertiary/aromatic N) is 1. The van der Waals surface area contributed by atoms with Crippen molar-refractivity contribution in [2.75, 3.05) is 10.6 Å². The van der Waals surface area contributed by atoms with Gasteiger partial charge in [-0.1, -0.05) is 6.07 Å². The lowest BCUT2D eigenvalue weighted by Gasteiger charge is -2.09. The van der Waals surface area contributed by atoms with Gasteiger partial charge in [0.15, 0.2) is 23.3 Å². The van der Waals surface area contributed by atoms with Crippen LogP contribution < -0.4 is 10.6 Å². The van der Waals surface area contributed by atoms with Crippen LogP contribution >= 0.6 is 0 Å². The average molecular weight is 329 g/mol. The van der Waals surface area contributed by atoms with E-state index >= 15 is 0 Å². The number of nitrogens with one attached hydrogen (secondary N) is 2. The fourth-order valence-electron chi connectivity index (χ4n) is 1.65. The SMILES string of the molecule is O=C(Nc1cccc([N+](=O)[O-])c1)Nc1cc(F)c(F)c(F)c1F. The number of benzene rings is 2. The molecule has 0 aliphatic heterocycles. The molecule has 0 aliphatic carbocycles. The van der Waals surface area contributed by atoms with Gasteiger partial charge in [0.05, 0.1) is 10.6 Å². The van der Waals surface area contributed by atoms with E-state index in [2.05, 4.69) is 5.32 Å². The van der Waals surface area contributed by atoms with E-state index in [1.807, 2.05) is 0 Å². The highest BCUT2D eigenvalue weighted by Crippen LogP contribution is 2.23. The summed E-state index contributed by atoms with van der Waals surface area (Å²) in [6.07, 6.45) is 0. The molecular weight excluding hydrogens is 322 g/mol. The molecule has 0 aliphatic rings. The van der Waals surface area contributed by atoms with Crippen LogP contribution in [0.5, 0.6) is 0 Å². The highest BCUT2D eigenvalue weighted by Gasteiger charge is 2.20. The molecule has 0 unspecified atom stereocenters. The van der Waals surface area contributed by atoms with Gasteiger partial charge in [0, 0.05) is 23.9 Å². The lowest BCUT2D eigenvalue weighted by atomic mass is 10.2. The molecule has 0 bridgehead atoms. The van der Waals surface area contributed by atoms with E-state index in [9.17, 15) is 32.5 Å². The maximum atomic E-state index is 13.4. The van der Waals surface area contributed by atoms with E-state index in [1.165, 1.54) is 18.2 Å². The predicted molar refractivity (Wildman–Crippen MR) is 72.0 cm³/mol. The summed E-state index contributed by atoms with van der Waals surface area (Å²) < 4.78 is 52.2. The second kappa shape index (κ2) is 6.30. The van der Waals surface area contributed by atoms with Gasteiger partial charge in [-0.2, -0.15) is 0 Å². The molecule has 0 saturated carbocycles. The predicted octanol–water partition coefficient (Wildman–Crippen LogP) is 3.80. The second-order valence-electron chi connectivity index (χ2n) is 4.23. The zero-order chi connectivity index (χ0) is 17.1. The summed E-state index contributed by atoms with van der Waals surface area (Å²) in [6.45, 7) is 0. The Bertz CT molecular complexity index is 798. The largest absolute Gasteiger partial charge is 0.323 e. The number of hydrogen-bond acceptors (Lipinski definition) is 3. The molecule has 0 saturated heterocycles. The van der Waals surface area contributed by atoms with E-state index in [0.717, 1.165) is 6.07 Å². The Balaban J connectivity index is 2.17. The highest BCUT2D eigenvalue weighted by molar-refractivity contribution is 6.00. The smallest absolute Gasteiger partial charge is 0.307 e. The zero-order valence-corrected chi connectivity index (χ0v) is 11.1. The third kappa shape index (κ3) is 3.54. The van der Waals surface area contributed by atoms with Gasteiger partial charge in [-0.15, -0.1) is 0 Å². The summed E-state index contributed by atoms with van der Waals surface area (Å²) in [6, 6.07) is 3.91. The Hall–Kier alpha value is -3.17. The van der Waals surface area contributed by atoms with Gasteiger partial charge >= 0.3 is 6.03 Å². The summed E-state index contributed by atoms with van der Waals surface area (Å²) in [5, 5.41) is 14.5. The van der Waals surface area contributed by atoms with Crippen molar-refractivity contribution >= 4 is 23.1 Å². The Morgan fingerprint density at radius 3 is 2.35 bits per heavy atom. The van der Waals surface area contributed by atoms with Crippen molar-refractivity contribution in [2.24, 2.45) is 0 Å². The lowest BCUT2D eigenvalue weighted by Crippen LogP contribution is -2.21. The number of non-ortho nitro benzene ring substituents is 1. The van der Waals surface area contributed by atoms with Crippen LogP contribution in [0.1, 0.15) is 0 Å². The number of carbonyl (C=O) groups is 1. The number of nitro benzene ring substituents is 1. The molecule has 10 heteroatoms. The molecule has 2 aromatic rings. The van der Waals surface area contributed by atoms with Crippen molar-refractivity contribution in [3.8, 4) is 0 Å². The molecule has 0 radical (unpaired) electrons. The van der Waals surface area contributed by atoms with E-state index in [4.69, 9.17) is 0 Å². The molecule has 0 fully saturated rings. The van der Waals surface area contributed by atoms with Crippen LogP contribution in [-0.2, 0) is 0 Å². The third-order valence-electron chi connectivity index (χ3n) is 2.67. The lowest BCUT2D eigenvalue weighted by molar-refractivity contribution is -0.384. The molecule has 2 N–H and O–H groups in total. The fraction of sp³-hybridized carbons (Fsp3) is 0. The van der Waals surface area contributed by atoms with Gasteiger partial charge in [-0.3, -0.25) is 10.1 Å². The van der Waals surface area contributed by atoms with Crippen LogP contribution in [0.2, 0.25) is 0 Å². The fourth-order valence-corrected chi connectivity index (χ4v) is 1.65. The first-order chi connectivity index (χ1) is 10.8. The monoisotopic (exact) mass is 329 g/mol. The Morgan fingerprint density at radius 2 is 1.70 bits per heavy atom. The first-order valence-corrected chi connectivity index (χ1v) is 5.95. The van der Waals surface area contributed by atoms with Crippen molar-refractivity contribution in [1.29, 1.82) is 0 Å². The minimum absolute atomic E-state index is 0.0137. The number of carbonyl (C=O) groups excluding carboxylic acids is 1. The minimum Gasteiger partial charge on any atom is -0.307 e. The summed E-state index contributed by atoms with van der Waals surface area (Å²) >= 11 is 0. The molecule has 0 aromatic heterocycles. The molecule has 2 rings (SSSR count). The number of hydrogen-bond donors (Lipinski definition) is 2. The van der Waals surface area contributed by atoms with Crippen molar-refractivity contribution in [3.05, 3.63) is 63.7 Å². The molecule has 6 nitrogen and oxygen atoms in total. The van der Waals surface area contributed by atoms with E-state index < -0.39 is 39.9 Å². The molecule has 0 spiro atoms. The van der Waals surface area contributed by atoms with Crippen molar-refractivity contribution < 1.29 is 27.3 Å². The van der Waals surface area contributed by atoms with Gasteiger partial charge in [-0.05, 0) is 6.07 Å². The van der Waals surface area contributed by atoms with Gasteiger partial charge in [0.25, 0.3) is 5.69 Å². The Morgan fingerprint density at radius 1 is 1.00 bits per heavy atom. The normalized spacial score (nSPS) is 10.3. The number of anilines is 2. The summed E-state index contributed by atoms with van der Waals surface area (Å²) in [5.74, 6) is -7.55. The summed E-state index contributed by atoms with van der Waals surface area (Å²) in [7, 11) is 0. The number of nitro groups is 1. The first kappa shape index (κ1) is 16.2. The van der Waals surface area contributed by atoms with E-state index in [-0.39, 0.29) is 17.4 Å². The maximum Gasteiger partial charge on any atom is 0.323 e. The van der Waals surface area contributed by atoms with Crippen LogP contribution in [0.15, 0.2) is 30.3 Å². The Kier molecular flexibility index (Phi) is 4.44. The van der Waals surface area contributed by atoms with Gasteiger partial charge < -0.3 is 10.6 Å². The third-order valence-corrected chi connectivity index (χ3v) is 2.67. The van der Waals surface area contributed by atoms with Crippen molar-refractivity contribution in [1.82, 2.24) is 0 Å². The quantitative estimate of drug-likeness (QED) is 0.295. The Labute approximate surface area is 125 Å². The number of rotatable bonds is 3. The molecule has 23 heavy (non-hydrogen) atoms.